The van der Waals surface area contributed by atoms with E-state index >= 15 is 0 Å². The lowest BCUT2D eigenvalue weighted by Crippen LogP contribution is -2.56. The molecule has 0 N–H and O–H groups in total. The van der Waals surface area contributed by atoms with Crippen LogP contribution in [0.4, 0.5) is 0 Å². The first-order valence-corrected chi connectivity index (χ1v) is 15.3. The predicted octanol–water partition coefficient (Wildman–Crippen LogP) is 4.96. The van der Waals surface area contributed by atoms with Crippen molar-refractivity contribution in [2.45, 2.75) is 111 Å². The minimum absolute atomic E-state index is 0.0394. The summed E-state index contributed by atoms with van der Waals surface area (Å²) >= 11 is 0. The van der Waals surface area contributed by atoms with Crippen molar-refractivity contribution in [3.05, 3.63) is 0 Å². The zero-order valence-electron chi connectivity index (χ0n) is 26.0. The van der Waals surface area contributed by atoms with Crippen LogP contribution >= 0.6 is 0 Å². The molecule has 4 rings (SSSR count). The molecule has 0 saturated heterocycles. The first kappa shape index (κ1) is 31.0. The number of carbonyl (C=O) groups excluding carboxylic acids is 4. The van der Waals surface area contributed by atoms with E-state index < -0.39 is 35.7 Å². The van der Waals surface area contributed by atoms with E-state index in [0.29, 0.717) is 29.5 Å². The maximum absolute atomic E-state index is 12.8. The minimum atomic E-state index is -1.50. The summed E-state index contributed by atoms with van der Waals surface area (Å²) in [4.78, 5) is 51.4. The molecule has 0 aromatic rings. The van der Waals surface area contributed by atoms with Gasteiger partial charge in [-0.1, -0.05) is 13.8 Å². The van der Waals surface area contributed by atoms with Gasteiger partial charge >= 0.3 is 17.9 Å². The highest BCUT2D eigenvalue weighted by Gasteiger charge is 2.61. The number of Topliss-reactive ketones (excluding diaryl/α,β-unsaturated/α-hetero) is 1. The van der Waals surface area contributed by atoms with Crippen LogP contribution in [0.3, 0.4) is 0 Å². The summed E-state index contributed by atoms with van der Waals surface area (Å²) in [6.07, 6.45) is 9.50. The predicted molar refractivity (Wildman–Crippen MR) is 150 cm³/mol. The molecule has 226 valence electrons. The Morgan fingerprint density at radius 3 is 2.17 bits per heavy atom. The quantitative estimate of drug-likeness (QED) is 0.303. The maximum Gasteiger partial charge on any atom is 0.350 e. The summed E-state index contributed by atoms with van der Waals surface area (Å²) in [7, 11) is 3.46. The van der Waals surface area contributed by atoms with E-state index in [-0.39, 0.29) is 23.3 Å². The van der Waals surface area contributed by atoms with Gasteiger partial charge in [0.1, 0.15) is 11.4 Å². The Balaban J connectivity index is 1.32. The van der Waals surface area contributed by atoms with E-state index in [1.807, 2.05) is 6.92 Å². The van der Waals surface area contributed by atoms with Crippen molar-refractivity contribution in [2.24, 2.45) is 40.4 Å². The maximum atomic E-state index is 12.8. The van der Waals surface area contributed by atoms with Crippen LogP contribution in [-0.2, 0) is 33.4 Å². The number of ketones is 1. The molecule has 8 atom stereocenters. The fraction of sp³-hybridized carbons (Fsp3) is 0.875. The minimum Gasteiger partial charge on any atom is -0.457 e. The van der Waals surface area contributed by atoms with Crippen molar-refractivity contribution in [1.82, 2.24) is 4.90 Å². The van der Waals surface area contributed by atoms with Gasteiger partial charge < -0.3 is 14.2 Å². The number of ether oxygens (including phenoxy) is 3. The molecule has 40 heavy (non-hydrogen) atoms. The molecule has 0 aliphatic heterocycles. The molecular formula is C32H51NO7. The summed E-state index contributed by atoms with van der Waals surface area (Å²) in [6.45, 7) is 11.1. The fourth-order valence-electron chi connectivity index (χ4n) is 9.40. The highest BCUT2D eigenvalue weighted by Crippen LogP contribution is 2.68. The molecular weight excluding hydrogens is 510 g/mol. The molecule has 0 radical (unpaired) electrons. The molecule has 0 unspecified atom stereocenters. The first-order chi connectivity index (χ1) is 18.5. The SMILES string of the molecule is CC(=O)[C@H]1CC[C@H]2[C@@H]3CC[C@H]4C[C@](C)(OC(=O)COC(=O)C(C)(C)OC(=O)CN(C)C)CC[C@]4(C)[C@H]3CC[C@]12C. The smallest absolute Gasteiger partial charge is 0.350 e. The summed E-state index contributed by atoms with van der Waals surface area (Å²) in [5.74, 6) is 1.17. The largest absolute Gasteiger partial charge is 0.457 e. The van der Waals surface area contributed by atoms with Crippen LogP contribution in [0.15, 0.2) is 0 Å². The molecule has 4 saturated carbocycles. The van der Waals surface area contributed by atoms with Gasteiger partial charge in [-0.2, -0.15) is 0 Å². The lowest BCUT2D eigenvalue weighted by atomic mass is 9.44. The Bertz CT molecular complexity index is 1020. The Morgan fingerprint density at radius 1 is 0.850 bits per heavy atom. The molecule has 4 aliphatic carbocycles. The van der Waals surface area contributed by atoms with Crippen LogP contribution in [0.1, 0.15) is 99.3 Å². The van der Waals surface area contributed by atoms with Gasteiger partial charge in [0.15, 0.2) is 6.61 Å². The second-order valence-corrected chi connectivity index (χ2v) is 14.9. The van der Waals surface area contributed by atoms with Gasteiger partial charge in [0, 0.05) is 5.92 Å². The van der Waals surface area contributed by atoms with Gasteiger partial charge in [0.2, 0.25) is 5.60 Å². The average Bonchev–Trinajstić information content (AvgIpc) is 3.19. The van der Waals surface area contributed by atoms with Gasteiger partial charge in [0.25, 0.3) is 0 Å². The van der Waals surface area contributed by atoms with Crippen molar-refractivity contribution >= 4 is 23.7 Å². The number of fused-ring (bicyclic) bond motifs is 5. The van der Waals surface area contributed by atoms with E-state index in [1.54, 1.807) is 25.9 Å². The highest BCUT2D eigenvalue weighted by molar-refractivity contribution is 5.85. The fourth-order valence-corrected chi connectivity index (χ4v) is 9.40. The van der Waals surface area contributed by atoms with Gasteiger partial charge in [-0.25, -0.2) is 9.59 Å². The standard InChI is InChI=1S/C32H51NO7/c1-20(34)23-11-12-24-22-10-9-21-17-30(4,15-16-31(21,5)25(22)13-14-32(23,24)6)40-27(36)19-38-28(37)29(2,3)39-26(35)18-33(7)8/h21-25H,9-19H2,1-8H3/t21-,22-,23+,24-,25-,30+,31-,32+/m0/s1. The summed E-state index contributed by atoms with van der Waals surface area (Å²) in [5, 5.41) is 0. The van der Waals surface area contributed by atoms with Crippen LogP contribution in [-0.4, -0.2) is 67.0 Å². The van der Waals surface area contributed by atoms with E-state index in [4.69, 9.17) is 14.2 Å². The summed E-state index contributed by atoms with van der Waals surface area (Å²) in [5.41, 5.74) is -1.71. The van der Waals surface area contributed by atoms with Gasteiger partial charge in [-0.3, -0.25) is 14.5 Å². The van der Waals surface area contributed by atoms with Gasteiger partial charge in [0.05, 0.1) is 6.54 Å². The zero-order chi connectivity index (χ0) is 29.7. The molecule has 8 heteroatoms. The molecule has 4 aliphatic rings. The molecule has 0 aromatic heterocycles. The van der Waals surface area contributed by atoms with Crippen LogP contribution < -0.4 is 0 Å². The number of likely N-dealkylation sites (N-methyl/N-ethyl adjacent to an activating group) is 1. The van der Waals surface area contributed by atoms with Gasteiger partial charge in [-0.05, 0) is 134 Å². The third kappa shape index (κ3) is 5.84. The molecule has 8 nitrogen and oxygen atoms in total. The molecule has 0 amide bonds. The molecule has 4 fully saturated rings. The monoisotopic (exact) mass is 561 g/mol. The molecule has 0 heterocycles. The highest BCUT2D eigenvalue weighted by atomic mass is 16.6. The van der Waals surface area contributed by atoms with Crippen LogP contribution in [0.2, 0.25) is 0 Å². The first-order valence-electron chi connectivity index (χ1n) is 15.3. The van der Waals surface area contributed by atoms with Crippen LogP contribution in [0, 0.1) is 40.4 Å². The van der Waals surface area contributed by atoms with Crippen molar-refractivity contribution in [2.75, 3.05) is 27.2 Å². The molecule has 0 aromatic carbocycles. The Morgan fingerprint density at radius 2 is 1.52 bits per heavy atom. The normalized spacial score (nSPS) is 39.0. The third-order valence-electron chi connectivity index (χ3n) is 11.4. The van der Waals surface area contributed by atoms with Crippen LogP contribution in [0.25, 0.3) is 0 Å². The number of nitrogens with zero attached hydrogens (tertiary/aromatic N) is 1. The second-order valence-electron chi connectivity index (χ2n) is 14.9. The Hall–Kier alpha value is -1.96. The summed E-state index contributed by atoms with van der Waals surface area (Å²) in [6, 6.07) is 0. The Kier molecular flexibility index (Phi) is 8.55. The van der Waals surface area contributed by atoms with Crippen molar-refractivity contribution < 1.29 is 33.4 Å². The zero-order valence-corrected chi connectivity index (χ0v) is 26.0. The number of esters is 3. The lowest BCUT2D eigenvalue weighted by molar-refractivity contribution is -0.191. The second kappa shape index (κ2) is 11.0. The molecule has 0 bridgehead atoms. The summed E-state index contributed by atoms with van der Waals surface area (Å²) < 4.78 is 16.4. The van der Waals surface area contributed by atoms with E-state index in [0.717, 1.165) is 38.5 Å². The Labute approximate surface area is 240 Å². The van der Waals surface area contributed by atoms with Crippen molar-refractivity contribution in [3.8, 4) is 0 Å². The third-order valence-corrected chi connectivity index (χ3v) is 11.4. The van der Waals surface area contributed by atoms with Gasteiger partial charge in [-0.15, -0.1) is 0 Å². The molecule has 0 spiro atoms. The number of hydrogen-bond donors (Lipinski definition) is 0. The van der Waals surface area contributed by atoms with E-state index in [9.17, 15) is 19.2 Å². The number of rotatable bonds is 8. The number of hydrogen-bond acceptors (Lipinski definition) is 8. The van der Waals surface area contributed by atoms with E-state index in [2.05, 4.69) is 13.8 Å². The average molecular weight is 562 g/mol. The lowest BCUT2D eigenvalue weighted by Gasteiger charge is -2.62. The van der Waals surface area contributed by atoms with Crippen LogP contribution in [0.5, 0.6) is 0 Å². The van der Waals surface area contributed by atoms with Crippen molar-refractivity contribution in [3.63, 3.8) is 0 Å². The van der Waals surface area contributed by atoms with E-state index in [1.165, 1.54) is 33.1 Å². The number of carbonyl (C=O) groups is 4. The topological polar surface area (TPSA) is 99.2 Å². The van der Waals surface area contributed by atoms with Crippen molar-refractivity contribution in [1.29, 1.82) is 0 Å².